The second kappa shape index (κ2) is 6.33. The summed E-state index contributed by atoms with van der Waals surface area (Å²) in [6.07, 6.45) is 0.290. The highest BCUT2D eigenvalue weighted by molar-refractivity contribution is 5.96. The van der Waals surface area contributed by atoms with E-state index in [2.05, 4.69) is 5.32 Å². The van der Waals surface area contributed by atoms with E-state index in [0.29, 0.717) is 35.2 Å². The Bertz CT molecular complexity index is 879. The summed E-state index contributed by atoms with van der Waals surface area (Å²) in [6.45, 7) is 0.102. The molecule has 7 nitrogen and oxygen atoms in total. The van der Waals surface area contributed by atoms with E-state index in [0.717, 1.165) is 16.8 Å². The quantitative estimate of drug-likeness (QED) is 0.907. The highest BCUT2D eigenvalue weighted by Crippen LogP contribution is 2.53. The van der Waals surface area contributed by atoms with Crippen molar-refractivity contribution in [3.05, 3.63) is 35.4 Å². The summed E-state index contributed by atoms with van der Waals surface area (Å²) >= 11 is 0. The Morgan fingerprint density at radius 3 is 2.54 bits per heavy atom. The molecule has 0 fully saturated rings. The molecule has 2 heterocycles. The number of carbonyl (C=O) groups is 1. The average molecular weight is 357 g/mol. The maximum absolute atomic E-state index is 12.3. The normalized spacial score (nSPS) is 17.3. The number of carbonyl (C=O) groups excluding carboxylic acids is 1. The van der Waals surface area contributed by atoms with Gasteiger partial charge in [-0.15, -0.1) is 0 Å². The van der Waals surface area contributed by atoms with Crippen molar-refractivity contribution >= 4 is 11.6 Å². The molecule has 1 amide bonds. The highest BCUT2D eigenvalue weighted by Gasteiger charge is 2.34. The maximum atomic E-state index is 12.3. The van der Waals surface area contributed by atoms with E-state index in [1.807, 2.05) is 24.3 Å². The maximum Gasteiger partial charge on any atom is 0.231 e. The number of nitrogens with one attached hydrogen (secondary N) is 1. The number of fused-ring (bicyclic) bond motifs is 2. The van der Waals surface area contributed by atoms with Gasteiger partial charge in [-0.25, -0.2) is 0 Å². The van der Waals surface area contributed by atoms with Gasteiger partial charge in [-0.05, 0) is 17.7 Å². The van der Waals surface area contributed by atoms with Crippen LogP contribution in [0.4, 0.5) is 5.69 Å². The molecule has 0 bridgehead atoms. The van der Waals surface area contributed by atoms with Gasteiger partial charge in [0.25, 0.3) is 0 Å². The zero-order valence-corrected chi connectivity index (χ0v) is 14.8. The number of hydrogen-bond acceptors (Lipinski definition) is 6. The molecule has 2 aromatic rings. The Kier molecular flexibility index (Phi) is 3.99. The molecule has 2 aliphatic rings. The largest absolute Gasteiger partial charge is 0.497 e. The van der Waals surface area contributed by atoms with E-state index >= 15 is 0 Å². The standard InChI is InChI=1S/C19H19NO6/c1-22-10-4-5-11-12(8-16(21)20-14(11)6-10)13-7-15(23-2)18-19(17(13)24-3)26-9-25-18/h4-7,12H,8-9H2,1-3H3,(H,20,21). The first-order valence-corrected chi connectivity index (χ1v) is 8.18. The van der Waals surface area contributed by atoms with E-state index in [1.54, 1.807) is 21.3 Å². The van der Waals surface area contributed by atoms with Crippen LogP contribution in [-0.2, 0) is 4.79 Å². The molecule has 0 saturated carbocycles. The predicted molar refractivity (Wildman–Crippen MR) is 93.8 cm³/mol. The smallest absolute Gasteiger partial charge is 0.231 e. The lowest BCUT2D eigenvalue weighted by atomic mass is 9.84. The van der Waals surface area contributed by atoms with Gasteiger partial charge in [-0.3, -0.25) is 4.79 Å². The fraction of sp³-hybridized carbons (Fsp3) is 0.316. The molecule has 0 radical (unpaired) electrons. The van der Waals surface area contributed by atoms with Crippen molar-refractivity contribution in [1.82, 2.24) is 0 Å². The first kappa shape index (κ1) is 16.4. The van der Waals surface area contributed by atoms with Gasteiger partial charge in [0.2, 0.25) is 24.2 Å². The van der Waals surface area contributed by atoms with Gasteiger partial charge in [-0.1, -0.05) is 6.07 Å². The number of hydrogen-bond donors (Lipinski definition) is 1. The summed E-state index contributed by atoms with van der Waals surface area (Å²) in [7, 11) is 4.74. The molecule has 136 valence electrons. The van der Waals surface area contributed by atoms with Crippen LogP contribution in [0.2, 0.25) is 0 Å². The van der Waals surface area contributed by atoms with Gasteiger partial charge in [0.15, 0.2) is 11.5 Å². The van der Waals surface area contributed by atoms with E-state index < -0.39 is 0 Å². The number of anilines is 1. The zero-order valence-electron chi connectivity index (χ0n) is 14.8. The third-order valence-corrected chi connectivity index (χ3v) is 4.69. The summed E-state index contributed by atoms with van der Waals surface area (Å²) in [5.41, 5.74) is 2.52. The van der Waals surface area contributed by atoms with Gasteiger partial charge in [0.1, 0.15) is 5.75 Å². The van der Waals surface area contributed by atoms with Crippen molar-refractivity contribution in [2.45, 2.75) is 12.3 Å². The van der Waals surface area contributed by atoms with E-state index in [9.17, 15) is 4.79 Å². The minimum absolute atomic E-state index is 0.0746. The van der Waals surface area contributed by atoms with Gasteiger partial charge in [0.05, 0.1) is 21.3 Å². The first-order valence-electron chi connectivity index (χ1n) is 8.18. The summed E-state index contributed by atoms with van der Waals surface area (Å²) in [4.78, 5) is 12.3. The van der Waals surface area contributed by atoms with Crippen molar-refractivity contribution < 1.29 is 28.5 Å². The third-order valence-electron chi connectivity index (χ3n) is 4.69. The Labute approximate surface area is 150 Å². The number of rotatable bonds is 4. The monoisotopic (exact) mass is 357 g/mol. The lowest BCUT2D eigenvalue weighted by molar-refractivity contribution is -0.116. The molecule has 1 atom stereocenters. The van der Waals surface area contributed by atoms with Gasteiger partial charge >= 0.3 is 0 Å². The van der Waals surface area contributed by atoms with E-state index in [4.69, 9.17) is 23.7 Å². The van der Waals surface area contributed by atoms with Crippen molar-refractivity contribution in [3.8, 4) is 28.7 Å². The van der Waals surface area contributed by atoms with Crippen molar-refractivity contribution in [2.75, 3.05) is 33.4 Å². The first-order chi connectivity index (χ1) is 12.7. The van der Waals surface area contributed by atoms with Crippen LogP contribution in [0, 0.1) is 0 Å². The number of ether oxygens (including phenoxy) is 5. The van der Waals surface area contributed by atoms with Crippen LogP contribution in [0.5, 0.6) is 28.7 Å². The van der Waals surface area contributed by atoms with Crippen LogP contribution in [0.25, 0.3) is 0 Å². The number of benzene rings is 2. The molecule has 0 aliphatic carbocycles. The third kappa shape index (κ3) is 2.47. The topological polar surface area (TPSA) is 75.3 Å². The Hall–Kier alpha value is -3.09. The van der Waals surface area contributed by atoms with Crippen molar-refractivity contribution in [1.29, 1.82) is 0 Å². The van der Waals surface area contributed by atoms with Crippen LogP contribution in [0.15, 0.2) is 24.3 Å². The molecule has 2 aromatic carbocycles. The average Bonchev–Trinajstić information content (AvgIpc) is 3.15. The molecular weight excluding hydrogens is 338 g/mol. The number of methoxy groups -OCH3 is 3. The SMILES string of the molecule is COc1ccc2c(c1)NC(=O)CC2c1cc(OC)c2c(c1OC)OCO2. The Balaban J connectivity index is 1.90. The van der Waals surface area contributed by atoms with Crippen LogP contribution in [0.3, 0.4) is 0 Å². The Morgan fingerprint density at radius 1 is 1.00 bits per heavy atom. The van der Waals surface area contributed by atoms with Crippen LogP contribution in [-0.4, -0.2) is 34.0 Å². The molecule has 26 heavy (non-hydrogen) atoms. The molecule has 2 aliphatic heterocycles. The molecule has 1 N–H and O–H groups in total. The zero-order chi connectivity index (χ0) is 18.3. The predicted octanol–water partition coefficient (Wildman–Crippen LogP) is 2.92. The van der Waals surface area contributed by atoms with Crippen molar-refractivity contribution in [2.24, 2.45) is 0 Å². The summed E-state index contributed by atoms with van der Waals surface area (Å²) in [6, 6.07) is 7.49. The molecule has 7 heteroatoms. The van der Waals surface area contributed by atoms with E-state index in [1.165, 1.54) is 0 Å². The lowest BCUT2D eigenvalue weighted by Gasteiger charge is -2.28. The van der Waals surface area contributed by atoms with Gasteiger partial charge < -0.3 is 29.0 Å². The molecular formula is C19H19NO6. The van der Waals surface area contributed by atoms with Gasteiger partial charge in [-0.2, -0.15) is 0 Å². The molecule has 0 saturated heterocycles. The molecule has 1 unspecified atom stereocenters. The molecule has 0 spiro atoms. The van der Waals surface area contributed by atoms with Crippen LogP contribution < -0.4 is 29.0 Å². The fourth-order valence-electron chi connectivity index (χ4n) is 3.50. The van der Waals surface area contributed by atoms with E-state index in [-0.39, 0.29) is 18.6 Å². The van der Waals surface area contributed by atoms with Crippen LogP contribution >= 0.6 is 0 Å². The number of amides is 1. The summed E-state index contributed by atoms with van der Waals surface area (Å²) in [5.74, 6) is 2.53. The van der Waals surface area contributed by atoms with Crippen LogP contribution in [0.1, 0.15) is 23.5 Å². The van der Waals surface area contributed by atoms with Crippen molar-refractivity contribution in [3.63, 3.8) is 0 Å². The Morgan fingerprint density at radius 2 is 1.81 bits per heavy atom. The minimum atomic E-state index is -0.206. The second-order valence-electron chi connectivity index (χ2n) is 6.02. The summed E-state index contributed by atoms with van der Waals surface area (Å²) in [5, 5.41) is 2.91. The molecule has 4 rings (SSSR count). The minimum Gasteiger partial charge on any atom is -0.497 e. The fourth-order valence-corrected chi connectivity index (χ4v) is 3.50. The second-order valence-corrected chi connectivity index (χ2v) is 6.02. The summed E-state index contributed by atoms with van der Waals surface area (Å²) < 4.78 is 27.4. The highest BCUT2D eigenvalue weighted by atomic mass is 16.7. The van der Waals surface area contributed by atoms with Gasteiger partial charge in [0, 0.05) is 29.7 Å². The lowest BCUT2D eigenvalue weighted by Crippen LogP contribution is -2.24. The molecule has 0 aromatic heterocycles.